The van der Waals surface area contributed by atoms with Crippen LogP contribution < -0.4 is 15.0 Å². The van der Waals surface area contributed by atoms with Crippen molar-refractivity contribution in [2.45, 2.75) is 45.3 Å². The Morgan fingerprint density at radius 1 is 1.41 bits per heavy atom. The molecule has 4 heteroatoms. The molecule has 1 aromatic carbocycles. The normalized spacial score (nSPS) is 22.7. The third-order valence-corrected chi connectivity index (χ3v) is 4.72. The van der Waals surface area contributed by atoms with Crippen LogP contribution in [-0.2, 0) is 6.42 Å². The maximum absolute atomic E-state index is 10.1. The van der Waals surface area contributed by atoms with E-state index in [1.165, 1.54) is 31.5 Å². The molecule has 4 nitrogen and oxygen atoms in total. The van der Waals surface area contributed by atoms with Crippen molar-refractivity contribution in [3.8, 4) is 5.75 Å². The molecule has 1 aliphatic rings. The van der Waals surface area contributed by atoms with Crippen molar-refractivity contribution in [3.05, 3.63) is 29.8 Å². The number of aliphatic hydroxyl groups excluding tert-OH is 1. The second-order valence-corrected chi connectivity index (χ2v) is 6.33. The van der Waals surface area contributed by atoms with Crippen molar-refractivity contribution in [2.24, 2.45) is 0 Å². The van der Waals surface area contributed by atoms with E-state index in [1.807, 2.05) is 12.1 Å². The van der Waals surface area contributed by atoms with Crippen LogP contribution in [0.3, 0.4) is 0 Å². The van der Waals surface area contributed by atoms with Crippen molar-refractivity contribution < 1.29 is 20.1 Å². The second kappa shape index (κ2) is 9.13. The molecule has 1 aromatic rings. The van der Waals surface area contributed by atoms with Crippen molar-refractivity contribution in [1.82, 2.24) is 0 Å². The topological polar surface area (TPSA) is 50.5 Å². The highest BCUT2D eigenvalue weighted by Crippen LogP contribution is 2.13. The maximum Gasteiger partial charge on any atom is 0.137 e. The van der Waals surface area contributed by atoms with Gasteiger partial charge in [0, 0.05) is 12.8 Å². The number of quaternary nitrogens is 2. The van der Waals surface area contributed by atoms with Crippen LogP contribution in [0.1, 0.15) is 32.3 Å². The molecular formula is C18H32N2O2+2. The highest BCUT2D eigenvalue weighted by Gasteiger charge is 2.28. The third kappa shape index (κ3) is 5.27. The fourth-order valence-corrected chi connectivity index (χ4v) is 3.34. The Morgan fingerprint density at radius 3 is 3.05 bits per heavy atom. The molecule has 0 amide bonds. The minimum absolute atomic E-state index is 0.374. The van der Waals surface area contributed by atoms with Crippen molar-refractivity contribution >= 4 is 0 Å². The Kier molecular flexibility index (Phi) is 7.16. The molecule has 0 spiro atoms. The summed E-state index contributed by atoms with van der Waals surface area (Å²) in [7, 11) is 0. The van der Waals surface area contributed by atoms with Gasteiger partial charge in [-0.15, -0.1) is 0 Å². The summed E-state index contributed by atoms with van der Waals surface area (Å²) in [4.78, 5) is 1.72. The minimum atomic E-state index is -0.406. The lowest BCUT2D eigenvalue weighted by atomic mass is 10.2. The monoisotopic (exact) mass is 308 g/mol. The van der Waals surface area contributed by atoms with E-state index in [0.29, 0.717) is 6.61 Å². The molecule has 0 aliphatic carbocycles. The van der Waals surface area contributed by atoms with Gasteiger partial charge >= 0.3 is 0 Å². The Hall–Kier alpha value is -1.10. The molecular weight excluding hydrogens is 276 g/mol. The molecule has 0 radical (unpaired) electrons. The zero-order valence-corrected chi connectivity index (χ0v) is 14.1. The maximum atomic E-state index is 10.1. The van der Waals surface area contributed by atoms with E-state index in [0.717, 1.165) is 31.3 Å². The van der Waals surface area contributed by atoms with Crippen molar-refractivity contribution in [3.63, 3.8) is 0 Å². The SMILES string of the molecule is CCc1cccc(OC[C@@H](O)C[NH2+]C[C@@H]2CCC[NH+]2CC)c1. The highest BCUT2D eigenvalue weighted by atomic mass is 16.5. The van der Waals surface area contributed by atoms with Crippen molar-refractivity contribution in [1.29, 1.82) is 0 Å². The predicted octanol–water partition coefficient (Wildman–Crippen LogP) is -0.381. The van der Waals surface area contributed by atoms with Crippen molar-refractivity contribution in [2.75, 3.05) is 32.8 Å². The molecule has 3 atom stereocenters. The van der Waals surface area contributed by atoms with Gasteiger partial charge in [-0.2, -0.15) is 0 Å². The first-order valence-electron chi connectivity index (χ1n) is 8.79. The first-order valence-corrected chi connectivity index (χ1v) is 8.79. The summed E-state index contributed by atoms with van der Waals surface area (Å²) in [6.45, 7) is 9.14. The number of nitrogens with one attached hydrogen (secondary N) is 1. The zero-order chi connectivity index (χ0) is 15.8. The molecule has 0 bridgehead atoms. The lowest BCUT2D eigenvalue weighted by Gasteiger charge is -2.19. The lowest BCUT2D eigenvalue weighted by Crippen LogP contribution is -3.16. The van der Waals surface area contributed by atoms with Crippen LogP contribution in [0, 0.1) is 0 Å². The average molecular weight is 308 g/mol. The first-order chi connectivity index (χ1) is 10.7. The van der Waals surface area contributed by atoms with Gasteiger partial charge in [-0.05, 0) is 31.0 Å². The first kappa shape index (κ1) is 17.3. The van der Waals surface area contributed by atoms with E-state index in [9.17, 15) is 5.11 Å². The van der Waals surface area contributed by atoms with Crippen LogP contribution in [0.5, 0.6) is 5.75 Å². The van der Waals surface area contributed by atoms with Gasteiger partial charge in [0.2, 0.25) is 0 Å². The zero-order valence-electron chi connectivity index (χ0n) is 14.1. The fraction of sp³-hybridized carbons (Fsp3) is 0.667. The summed E-state index contributed by atoms with van der Waals surface area (Å²) in [5.41, 5.74) is 1.27. The average Bonchev–Trinajstić information content (AvgIpc) is 3.00. The van der Waals surface area contributed by atoms with Gasteiger partial charge in [0.1, 0.15) is 37.6 Å². The Balaban J connectivity index is 1.64. The summed E-state index contributed by atoms with van der Waals surface area (Å²) in [6, 6.07) is 8.88. The Labute approximate surface area is 134 Å². The number of rotatable bonds is 9. The van der Waals surface area contributed by atoms with E-state index in [4.69, 9.17) is 4.74 Å². The fourth-order valence-electron chi connectivity index (χ4n) is 3.34. The number of likely N-dealkylation sites (tertiary alicyclic amines) is 1. The molecule has 1 fully saturated rings. The van der Waals surface area contributed by atoms with Crippen LogP contribution >= 0.6 is 0 Å². The second-order valence-electron chi connectivity index (χ2n) is 6.33. The Morgan fingerprint density at radius 2 is 2.27 bits per heavy atom. The molecule has 1 saturated heterocycles. The number of hydrogen-bond acceptors (Lipinski definition) is 2. The summed E-state index contributed by atoms with van der Waals surface area (Å²) < 4.78 is 5.70. The molecule has 124 valence electrons. The van der Waals surface area contributed by atoms with Gasteiger partial charge in [-0.3, -0.25) is 0 Å². The third-order valence-electron chi connectivity index (χ3n) is 4.72. The predicted molar refractivity (Wildman–Crippen MR) is 88.4 cm³/mol. The number of ether oxygens (including phenoxy) is 1. The van der Waals surface area contributed by atoms with E-state index >= 15 is 0 Å². The number of aliphatic hydroxyl groups is 1. The van der Waals surface area contributed by atoms with Crippen LogP contribution in [0.4, 0.5) is 0 Å². The van der Waals surface area contributed by atoms with E-state index < -0.39 is 6.10 Å². The van der Waals surface area contributed by atoms with Gasteiger partial charge in [0.15, 0.2) is 0 Å². The molecule has 1 unspecified atom stereocenters. The molecule has 0 saturated carbocycles. The quantitative estimate of drug-likeness (QED) is 0.582. The van der Waals surface area contributed by atoms with Crippen LogP contribution in [-0.4, -0.2) is 50.0 Å². The molecule has 22 heavy (non-hydrogen) atoms. The van der Waals surface area contributed by atoms with E-state index in [2.05, 4.69) is 31.3 Å². The number of benzene rings is 1. The smallest absolute Gasteiger partial charge is 0.137 e. The lowest BCUT2D eigenvalue weighted by molar-refractivity contribution is -0.924. The summed E-state index contributed by atoms with van der Waals surface area (Å²) >= 11 is 0. The largest absolute Gasteiger partial charge is 0.491 e. The molecule has 2 rings (SSSR count). The van der Waals surface area contributed by atoms with Gasteiger partial charge in [0.05, 0.1) is 13.1 Å². The Bertz CT molecular complexity index is 439. The van der Waals surface area contributed by atoms with Crippen LogP contribution in [0.2, 0.25) is 0 Å². The van der Waals surface area contributed by atoms with E-state index in [-0.39, 0.29) is 0 Å². The number of likely N-dealkylation sites (N-methyl/N-ethyl adjacent to an activating group) is 1. The summed E-state index contributed by atoms with van der Waals surface area (Å²) in [6.07, 6.45) is 3.28. The molecule has 0 aromatic heterocycles. The standard InChI is InChI=1S/C18H30N2O2/c1-3-15-7-5-9-18(11-15)22-14-17(21)13-19-12-16-8-6-10-20(16)4-2/h5,7,9,11,16-17,19,21H,3-4,6,8,10,12-14H2,1-2H3/p+2/t16-,17-/m0/s1. The van der Waals surface area contributed by atoms with Gasteiger partial charge < -0.3 is 20.1 Å². The van der Waals surface area contributed by atoms with Crippen LogP contribution in [0.25, 0.3) is 0 Å². The summed E-state index contributed by atoms with van der Waals surface area (Å²) in [5, 5.41) is 12.3. The highest BCUT2D eigenvalue weighted by molar-refractivity contribution is 5.28. The number of nitrogens with two attached hydrogens (primary N) is 1. The van der Waals surface area contributed by atoms with Gasteiger partial charge in [-0.25, -0.2) is 0 Å². The van der Waals surface area contributed by atoms with Gasteiger partial charge in [-0.1, -0.05) is 19.1 Å². The van der Waals surface area contributed by atoms with Gasteiger partial charge in [0.25, 0.3) is 0 Å². The summed E-state index contributed by atoms with van der Waals surface area (Å²) in [5.74, 6) is 0.857. The number of hydrogen-bond donors (Lipinski definition) is 3. The number of aryl methyl sites for hydroxylation is 1. The molecule has 1 heterocycles. The molecule has 1 aliphatic heterocycles. The van der Waals surface area contributed by atoms with Crippen LogP contribution in [0.15, 0.2) is 24.3 Å². The molecule has 4 N–H and O–H groups in total. The van der Waals surface area contributed by atoms with E-state index in [1.54, 1.807) is 4.90 Å². The minimum Gasteiger partial charge on any atom is -0.491 e.